The largest absolute Gasteiger partial charge is 0.493 e. The van der Waals surface area contributed by atoms with Crippen molar-refractivity contribution in [1.82, 2.24) is 4.98 Å². The zero-order chi connectivity index (χ0) is 15.4. The second-order valence-corrected chi connectivity index (χ2v) is 4.34. The van der Waals surface area contributed by atoms with E-state index >= 15 is 0 Å². The maximum absolute atomic E-state index is 10.5. The minimum atomic E-state index is -0.938. The molecule has 0 saturated carbocycles. The molecule has 2 aromatic rings. The average Bonchev–Trinajstić information content (AvgIpc) is 2.53. The van der Waals surface area contributed by atoms with E-state index in [1.165, 1.54) is 21.3 Å². The Kier molecular flexibility index (Phi) is 4.49. The van der Waals surface area contributed by atoms with Gasteiger partial charge in [0.15, 0.2) is 11.5 Å². The van der Waals surface area contributed by atoms with Crippen molar-refractivity contribution in [2.75, 3.05) is 27.1 Å². The summed E-state index contributed by atoms with van der Waals surface area (Å²) in [5, 5.41) is 10.5. The Balaban J connectivity index is 2.51. The number of aliphatic hydroxyl groups is 1. The number of rotatable bonds is 5. The summed E-state index contributed by atoms with van der Waals surface area (Å²) in [7, 11) is 4.56. The summed E-state index contributed by atoms with van der Waals surface area (Å²) in [5.74, 6) is 1.68. The van der Waals surface area contributed by atoms with Gasteiger partial charge < -0.3 is 25.1 Å². The van der Waals surface area contributed by atoms with E-state index < -0.39 is 6.10 Å². The molecule has 3 N–H and O–H groups in total. The Bertz CT molecular complexity index is 606. The highest BCUT2D eigenvalue weighted by molar-refractivity contribution is 5.56. The van der Waals surface area contributed by atoms with Crippen LogP contribution in [0.5, 0.6) is 17.2 Å². The number of hydrogen-bond donors (Lipinski definition) is 2. The van der Waals surface area contributed by atoms with Crippen LogP contribution in [-0.4, -0.2) is 31.4 Å². The molecule has 0 aliphatic heterocycles. The second kappa shape index (κ2) is 6.32. The lowest BCUT2D eigenvalue weighted by Gasteiger charge is -2.18. The van der Waals surface area contributed by atoms with E-state index in [0.29, 0.717) is 28.4 Å². The quantitative estimate of drug-likeness (QED) is 0.872. The third-order valence-corrected chi connectivity index (χ3v) is 3.17. The summed E-state index contributed by atoms with van der Waals surface area (Å²) < 4.78 is 15.8. The van der Waals surface area contributed by atoms with Crippen LogP contribution in [0.3, 0.4) is 0 Å². The summed E-state index contributed by atoms with van der Waals surface area (Å²) in [6.07, 6.45) is 0.633. The molecule has 1 atom stereocenters. The average molecular weight is 290 g/mol. The lowest BCUT2D eigenvalue weighted by Crippen LogP contribution is -2.06. The van der Waals surface area contributed by atoms with Gasteiger partial charge in [0.1, 0.15) is 11.9 Å². The van der Waals surface area contributed by atoms with Crippen LogP contribution in [0.1, 0.15) is 17.2 Å². The monoisotopic (exact) mass is 290 g/mol. The first-order chi connectivity index (χ1) is 10.1. The van der Waals surface area contributed by atoms with Gasteiger partial charge in [0.05, 0.1) is 21.3 Å². The summed E-state index contributed by atoms with van der Waals surface area (Å²) in [6, 6.07) is 6.79. The molecule has 0 aliphatic carbocycles. The van der Waals surface area contributed by atoms with E-state index in [2.05, 4.69) is 4.98 Å². The summed E-state index contributed by atoms with van der Waals surface area (Å²) in [5.41, 5.74) is 6.89. The second-order valence-electron chi connectivity index (χ2n) is 4.34. The Morgan fingerprint density at radius 1 is 1.10 bits per heavy atom. The molecule has 6 heteroatoms. The third kappa shape index (κ3) is 2.85. The Morgan fingerprint density at radius 2 is 1.71 bits per heavy atom. The van der Waals surface area contributed by atoms with Gasteiger partial charge in [-0.25, -0.2) is 4.98 Å². The van der Waals surface area contributed by atoms with Crippen LogP contribution < -0.4 is 19.9 Å². The van der Waals surface area contributed by atoms with Crippen molar-refractivity contribution in [1.29, 1.82) is 0 Å². The highest BCUT2D eigenvalue weighted by atomic mass is 16.5. The first kappa shape index (κ1) is 14.9. The lowest BCUT2D eigenvalue weighted by atomic mass is 10.0. The first-order valence-corrected chi connectivity index (χ1v) is 6.30. The number of aliphatic hydroxyl groups excluding tert-OH is 1. The molecule has 0 bridgehead atoms. The lowest BCUT2D eigenvalue weighted by molar-refractivity contribution is 0.219. The Hall–Kier alpha value is -2.47. The maximum Gasteiger partial charge on any atom is 0.203 e. The fourth-order valence-corrected chi connectivity index (χ4v) is 2.10. The molecule has 112 valence electrons. The number of anilines is 1. The van der Waals surface area contributed by atoms with E-state index in [1.807, 2.05) is 0 Å². The van der Waals surface area contributed by atoms with Gasteiger partial charge in [0.25, 0.3) is 0 Å². The summed E-state index contributed by atoms with van der Waals surface area (Å²) in [4.78, 5) is 3.98. The fourth-order valence-electron chi connectivity index (χ4n) is 2.10. The molecule has 0 saturated heterocycles. The molecule has 21 heavy (non-hydrogen) atoms. The van der Waals surface area contributed by atoms with Crippen LogP contribution in [-0.2, 0) is 0 Å². The van der Waals surface area contributed by atoms with Gasteiger partial charge in [-0.05, 0) is 23.8 Å². The van der Waals surface area contributed by atoms with Gasteiger partial charge in [-0.2, -0.15) is 0 Å². The standard InChI is InChI=1S/C15H18N2O4/c1-19-11-7-9(8-12(20-2)14(11)21-3)13(18)10-5-4-6-17-15(10)16/h4-8,13,18H,1-3H3,(H2,16,17). The fraction of sp³-hybridized carbons (Fsp3) is 0.267. The molecule has 1 aromatic carbocycles. The van der Waals surface area contributed by atoms with Crippen LogP contribution >= 0.6 is 0 Å². The molecular formula is C15H18N2O4. The molecule has 1 unspecified atom stereocenters. The van der Waals surface area contributed by atoms with Crippen molar-refractivity contribution in [2.24, 2.45) is 0 Å². The van der Waals surface area contributed by atoms with Gasteiger partial charge >= 0.3 is 0 Å². The smallest absolute Gasteiger partial charge is 0.203 e. The predicted molar refractivity (Wildman–Crippen MR) is 78.8 cm³/mol. The number of nitrogens with zero attached hydrogens (tertiary/aromatic N) is 1. The van der Waals surface area contributed by atoms with Crippen LogP contribution in [0, 0.1) is 0 Å². The number of benzene rings is 1. The van der Waals surface area contributed by atoms with Crippen LogP contribution in [0.25, 0.3) is 0 Å². The van der Waals surface area contributed by atoms with E-state index in [4.69, 9.17) is 19.9 Å². The third-order valence-electron chi connectivity index (χ3n) is 3.17. The molecule has 6 nitrogen and oxygen atoms in total. The highest BCUT2D eigenvalue weighted by Gasteiger charge is 2.20. The van der Waals surface area contributed by atoms with Crippen molar-refractivity contribution < 1.29 is 19.3 Å². The number of methoxy groups -OCH3 is 3. The summed E-state index contributed by atoms with van der Waals surface area (Å²) in [6.45, 7) is 0. The zero-order valence-corrected chi connectivity index (χ0v) is 12.2. The van der Waals surface area contributed by atoms with E-state index in [1.54, 1.807) is 30.5 Å². The van der Waals surface area contributed by atoms with Crippen LogP contribution in [0.15, 0.2) is 30.5 Å². The molecule has 2 rings (SSSR count). The SMILES string of the molecule is COc1cc(C(O)c2cccnc2N)cc(OC)c1OC. The van der Waals surface area contributed by atoms with E-state index in [-0.39, 0.29) is 5.82 Å². The predicted octanol–water partition coefficient (Wildman–Crippen LogP) is 1.77. The molecule has 0 aliphatic rings. The van der Waals surface area contributed by atoms with Crippen molar-refractivity contribution in [3.63, 3.8) is 0 Å². The number of nitrogen functional groups attached to an aromatic ring is 1. The number of hydrogen-bond acceptors (Lipinski definition) is 6. The number of nitrogens with two attached hydrogens (primary N) is 1. The topological polar surface area (TPSA) is 86.8 Å². The number of ether oxygens (including phenoxy) is 3. The van der Waals surface area contributed by atoms with Crippen molar-refractivity contribution in [2.45, 2.75) is 6.10 Å². The zero-order valence-electron chi connectivity index (χ0n) is 12.2. The van der Waals surface area contributed by atoms with E-state index in [0.717, 1.165) is 0 Å². The molecule has 1 aromatic heterocycles. The van der Waals surface area contributed by atoms with Crippen molar-refractivity contribution in [3.8, 4) is 17.2 Å². The van der Waals surface area contributed by atoms with Gasteiger partial charge in [0, 0.05) is 11.8 Å². The first-order valence-electron chi connectivity index (χ1n) is 6.30. The molecular weight excluding hydrogens is 272 g/mol. The minimum Gasteiger partial charge on any atom is -0.493 e. The van der Waals surface area contributed by atoms with Gasteiger partial charge in [0.2, 0.25) is 5.75 Å². The normalized spacial score (nSPS) is 11.8. The minimum absolute atomic E-state index is 0.277. The maximum atomic E-state index is 10.5. The molecule has 0 fully saturated rings. The van der Waals surface area contributed by atoms with Gasteiger partial charge in [-0.1, -0.05) is 6.07 Å². The van der Waals surface area contributed by atoms with Gasteiger partial charge in [-0.3, -0.25) is 0 Å². The van der Waals surface area contributed by atoms with Crippen molar-refractivity contribution >= 4 is 5.82 Å². The number of pyridine rings is 1. The van der Waals surface area contributed by atoms with Crippen molar-refractivity contribution in [3.05, 3.63) is 41.6 Å². The Morgan fingerprint density at radius 3 is 2.19 bits per heavy atom. The molecule has 0 radical (unpaired) electrons. The molecule has 0 amide bonds. The molecule has 0 spiro atoms. The summed E-state index contributed by atoms with van der Waals surface area (Å²) >= 11 is 0. The van der Waals surface area contributed by atoms with E-state index in [9.17, 15) is 5.11 Å². The molecule has 1 heterocycles. The van der Waals surface area contributed by atoms with Crippen LogP contribution in [0.2, 0.25) is 0 Å². The van der Waals surface area contributed by atoms with Gasteiger partial charge in [-0.15, -0.1) is 0 Å². The highest BCUT2D eigenvalue weighted by Crippen LogP contribution is 2.41. The number of aromatic nitrogens is 1. The van der Waals surface area contributed by atoms with Crippen LogP contribution in [0.4, 0.5) is 5.82 Å². The Labute approximate surface area is 123 Å².